The molecule has 0 aromatic heterocycles. The van der Waals surface area contributed by atoms with Crippen LogP contribution in [0.5, 0.6) is 0 Å². The van der Waals surface area contributed by atoms with Crippen LogP contribution in [-0.4, -0.2) is 25.2 Å². The average molecular weight is 255 g/mol. The lowest BCUT2D eigenvalue weighted by Crippen LogP contribution is -2.54. The van der Waals surface area contributed by atoms with Crippen molar-refractivity contribution in [2.45, 2.75) is 37.3 Å². The number of nitrogens with one attached hydrogen (secondary N) is 1. The van der Waals surface area contributed by atoms with Gasteiger partial charge < -0.3 is 4.90 Å². The van der Waals surface area contributed by atoms with E-state index in [1.165, 1.54) is 31.4 Å². The highest BCUT2D eigenvalue weighted by Crippen LogP contribution is 2.42. The van der Waals surface area contributed by atoms with Gasteiger partial charge in [-0.15, -0.1) is 0 Å². The molecule has 2 aliphatic rings. The molecular formula is C16H21N3. The van der Waals surface area contributed by atoms with Gasteiger partial charge in [0.1, 0.15) is 5.54 Å². The molecule has 0 heterocycles. The van der Waals surface area contributed by atoms with Crippen molar-refractivity contribution < 1.29 is 0 Å². The minimum atomic E-state index is -0.355. The molecule has 0 amide bonds. The van der Waals surface area contributed by atoms with Crippen LogP contribution in [0.1, 0.15) is 25.7 Å². The van der Waals surface area contributed by atoms with Crippen molar-refractivity contribution in [3.63, 3.8) is 0 Å². The van der Waals surface area contributed by atoms with E-state index in [1.807, 2.05) is 18.2 Å². The molecule has 0 saturated heterocycles. The number of para-hydroxylation sites is 1. The maximum absolute atomic E-state index is 9.72. The van der Waals surface area contributed by atoms with E-state index in [0.29, 0.717) is 12.0 Å². The maximum atomic E-state index is 9.72. The molecule has 3 rings (SSSR count). The highest BCUT2D eigenvalue weighted by Gasteiger charge is 2.48. The van der Waals surface area contributed by atoms with Gasteiger partial charge in [0.25, 0.3) is 0 Å². The van der Waals surface area contributed by atoms with Crippen molar-refractivity contribution in [1.29, 1.82) is 5.26 Å². The van der Waals surface area contributed by atoms with Crippen molar-refractivity contribution in [1.82, 2.24) is 5.32 Å². The summed E-state index contributed by atoms with van der Waals surface area (Å²) in [5, 5.41) is 13.3. The fourth-order valence-electron chi connectivity index (χ4n) is 2.77. The Balaban J connectivity index is 1.75. The Morgan fingerprint density at radius 1 is 1.26 bits per heavy atom. The molecule has 1 N–H and O–H groups in total. The average Bonchev–Trinajstić information content (AvgIpc) is 3.31. The van der Waals surface area contributed by atoms with Crippen LogP contribution in [0.25, 0.3) is 0 Å². The third-order valence-corrected chi connectivity index (χ3v) is 4.20. The molecule has 1 atom stereocenters. The molecule has 3 heteroatoms. The Labute approximate surface area is 115 Å². The van der Waals surface area contributed by atoms with Crippen LogP contribution in [0.3, 0.4) is 0 Å². The normalized spacial score (nSPS) is 21.5. The lowest BCUT2D eigenvalue weighted by atomic mass is 9.93. The summed E-state index contributed by atoms with van der Waals surface area (Å²) >= 11 is 0. The van der Waals surface area contributed by atoms with Crippen LogP contribution in [0.15, 0.2) is 30.3 Å². The molecule has 100 valence electrons. The van der Waals surface area contributed by atoms with Crippen LogP contribution in [0.4, 0.5) is 5.69 Å². The van der Waals surface area contributed by atoms with Crippen molar-refractivity contribution >= 4 is 5.69 Å². The largest absolute Gasteiger partial charge is 0.372 e. The van der Waals surface area contributed by atoms with E-state index >= 15 is 0 Å². The molecule has 2 aliphatic carbocycles. The summed E-state index contributed by atoms with van der Waals surface area (Å²) < 4.78 is 0. The van der Waals surface area contributed by atoms with E-state index in [-0.39, 0.29) is 5.54 Å². The first kappa shape index (κ1) is 12.5. The fraction of sp³-hybridized carbons (Fsp3) is 0.562. The number of nitriles is 1. The second kappa shape index (κ2) is 4.86. The third kappa shape index (κ3) is 2.74. The van der Waals surface area contributed by atoms with Gasteiger partial charge in [0, 0.05) is 25.3 Å². The molecule has 2 saturated carbocycles. The molecule has 2 fully saturated rings. The quantitative estimate of drug-likeness (QED) is 0.849. The van der Waals surface area contributed by atoms with Crippen LogP contribution in [0, 0.1) is 17.2 Å². The van der Waals surface area contributed by atoms with E-state index in [4.69, 9.17) is 0 Å². The van der Waals surface area contributed by atoms with Gasteiger partial charge in [0.15, 0.2) is 0 Å². The zero-order valence-corrected chi connectivity index (χ0v) is 11.5. The Morgan fingerprint density at radius 3 is 2.47 bits per heavy atom. The Bertz CT molecular complexity index is 471. The summed E-state index contributed by atoms with van der Waals surface area (Å²) in [5.41, 5.74) is 0.826. The summed E-state index contributed by atoms with van der Waals surface area (Å²) in [6, 6.07) is 13.5. The van der Waals surface area contributed by atoms with Gasteiger partial charge in [0.2, 0.25) is 0 Å². The molecule has 1 aromatic rings. The third-order valence-electron chi connectivity index (χ3n) is 4.20. The number of rotatable bonds is 6. The maximum Gasteiger partial charge on any atom is 0.127 e. The predicted molar refractivity (Wildman–Crippen MR) is 76.9 cm³/mol. The van der Waals surface area contributed by atoms with Gasteiger partial charge in [-0.25, -0.2) is 0 Å². The number of nitrogens with zero attached hydrogens (tertiary/aromatic N) is 2. The number of hydrogen-bond donors (Lipinski definition) is 1. The number of hydrogen-bond acceptors (Lipinski definition) is 3. The standard InChI is InChI=1S/C16H21N3/c1-19(15-5-3-2-4-6-15)12-16(11-17,13-7-8-13)18-14-9-10-14/h2-6,13-14,18H,7-10,12H2,1H3. The summed E-state index contributed by atoms with van der Waals surface area (Å²) in [6.45, 7) is 0.773. The number of anilines is 1. The number of likely N-dealkylation sites (N-methyl/N-ethyl adjacent to an activating group) is 1. The first-order valence-corrected chi connectivity index (χ1v) is 7.19. The van der Waals surface area contributed by atoms with E-state index < -0.39 is 0 Å². The SMILES string of the molecule is CN(CC(C#N)(NC1CC1)C1CC1)c1ccccc1. The van der Waals surface area contributed by atoms with Crippen LogP contribution in [0.2, 0.25) is 0 Å². The molecule has 0 radical (unpaired) electrons. The summed E-state index contributed by atoms with van der Waals surface area (Å²) in [7, 11) is 2.08. The molecule has 1 unspecified atom stereocenters. The molecule has 0 bridgehead atoms. The van der Waals surface area contributed by atoms with Crippen LogP contribution < -0.4 is 10.2 Å². The minimum Gasteiger partial charge on any atom is -0.372 e. The van der Waals surface area contributed by atoms with E-state index in [2.05, 4.69) is 35.5 Å². The highest BCUT2D eigenvalue weighted by molar-refractivity contribution is 5.46. The Kier molecular flexibility index (Phi) is 3.20. The second-order valence-electron chi connectivity index (χ2n) is 5.97. The molecule has 0 aliphatic heterocycles. The summed E-state index contributed by atoms with van der Waals surface area (Å²) in [6.07, 6.45) is 4.84. The monoisotopic (exact) mass is 255 g/mol. The fourth-order valence-corrected chi connectivity index (χ4v) is 2.77. The molecule has 3 nitrogen and oxygen atoms in total. The van der Waals surface area contributed by atoms with E-state index in [0.717, 1.165) is 6.54 Å². The summed E-state index contributed by atoms with van der Waals surface area (Å²) in [4.78, 5) is 2.21. The highest BCUT2D eigenvalue weighted by atomic mass is 15.2. The van der Waals surface area contributed by atoms with Gasteiger partial charge in [-0.05, 0) is 43.7 Å². The lowest BCUT2D eigenvalue weighted by Gasteiger charge is -2.33. The molecule has 0 spiro atoms. The topological polar surface area (TPSA) is 39.1 Å². The zero-order valence-electron chi connectivity index (χ0n) is 11.5. The van der Waals surface area contributed by atoms with Crippen molar-refractivity contribution in [3.8, 4) is 6.07 Å². The molecule has 1 aromatic carbocycles. The Morgan fingerprint density at radius 2 is 1.95 bits per heavy atom. The molecule has 19 heavy (non-hydrogen) atoms. The smallest absolute Gasteiger partial charge is 0.127 e. The van der Waals surface area contributed by atoms with Gasteiger partial charge in [-0.2, -0.15) is 5.26 Å². The van der Waals surface area contributed by atoms with Crippen LogP contribution in [-0.2, 0) is 0 Å². The Hall–Kier alpha value is -1.53. The van der Waals surface area contributed by atoms with E-state index in [9.17, 15) is 5.26 Å². The minimum absolute atomic E-state index is 0.355. The first-order chi connectivity index (χ1) is 9.23. The zero-order chi connectivity index (χ0) is 13.3. The van der Waals surface area contributed by atoms with E-state index in [1.54, 1.807) is 0 Å². The van der Waals surface area contributed by atoms with Gasteiger partial charge in [-0.3, -0.25) is 5.32 Å². The second-order valence-corrected chi connectivity index (χ2v) is 5.97. The van der Waals surface area contributed by atoms with Gasteiger partial charge in [-0.1, -0.05) is 18.2 Å². The number of benzene rings is 1. The van der Waals surface area contributed by atoms with Crippen molar-refractivity contribution in [2.24, 2.45) is 5.92 Å². The van der Waals surface area contributed by atoms with Crippen LogP contribution >= 0.6 is 0 Å². The predicted octanol–water partition coefficient (Wildman–Crippen LogP) is 2.55. The van der Waals surface area contributed by atoms with Crippen molar-refractivity contribution in [2.75, 3.05) is 18.5 Å². The first-order valence-electron chi connectivity index (χ1n) is 7.19. The lowest BCUT2D eigenvalue weighted by molar-refractivity contribution is 0.365. The molecular weight excluding hydrogens is 234 g/mol. The van der Waals surface area contributed by atoms with Crippen molar-refractivity contribution in [3.05, 3.63) is 30.3 Å². The van der Waals surface area contributed by atoms with Gasteiger partial charge in [0.05, 0.1) is 6.07 Å². The summed E-state index contributed by atoms with van der Waals surface area (Å²) in [5.74, 6) is 0.532. The van der Waals surface area contributed by atoms with Gasteiger partial charge >= 0.3 is 0 Å².